The number of carbonyl (C=O) groups excluding carboxylic acids is 2. The Morgan fingerprint density at radius 2 is 1.93 bits per heavy atom. The number of aromatic amines is 1. The van der Waals surface area contributed by atoms with Gasteiger partial charge >= 0.3 is 0 Å². The Hall–Kier alpha value is -3.22. The average molecular weight is 389 g/mol. The van der Waals surface area contributed by atoms with E-state index < -0.39 is 6.04 Å². The van der Waals surface area contributed by atoms with Crippen LogP contribution in [0, 0.1) is 5.92 Å². The van der Waals surface area contributed by atoms with Crippen LogP contribution in [0.3, 0.4) is 0 Å². The average Bonchev–Trinajstić information content (AvgIpc) is 3.67. The molecule has 0 saturated heterocycles. The molecule has 2 amide bonds. The molecule has 1 unspecified atom stereocenters. The van der Waals surface area contributed by atoms with Crippen LogP contribution >= 0.6 is 0 Å². The molecule has 2 aromatic heterocycles. The number of nitrogens with zero attached hydrogens (tertiary/aromatic N) is 2. The van der Waals surface area contributed by atoms with Gasteiger partial charge in [0.25, 0.3) is 5.91 Å². The van der Waals surface area contributed by atoms with Gasteiger partial charge in [-0.2, -0.15) is 0 Å². The third kappa shape index (κ3) is 3.85. The first kappa shape index (κ1) is 17.8. The third-order valence-corrected chi connectivity index (χ3v) is 5.61. The van der Waals surface area contributed by atoms with Gasteiger partial charge in [-0.1, -0.05) is 30.3 Å². The highest BCUT2D eigenvalue weighted by Gasteiger charge is 2.37. The molecule has 0 aliphatic heterocycles. The lowest BCUT2D eigenvalue weighted by Gasteiger charge is -2.18. The van der Waals surface area contributed by atoms with Crippen molar-refractivity contribution < 1.29 is 9.59 Å². The molecule has 2 fully saturated rings. The van der Waals surface area contributed by atoms with Gasteiger partial charge in [-0.3, -0.25) is 9.59 Å². The molecular formula is C22H23N5O2. The van der Waals surface area contributed by atoms with Crippen molar-refractivity contribution in [1.29, 1.82) is 0 Å². The van der Waals surface area contributed by atoms with Crippen LogP contribution in [-0.4, -0.2) is 32.8 Å². The maximum absolute atomic E-state index is 13.0. The minimum atomic E-state index is -0.532. The van der Waals surface area contributed by atoms with Gasteiger partial charge in [-0.05, 0) is 37.2 Å². The van der Waals surface area contributed by atoms with Crippen LogP contribution in [0.15, 0.2) is 42.7 Å². The van der Waals surface area contributed by atoms with E-state index in [1.54, 1.807) is 12.4 Å². The van der Waals surface area contributed by atoms with Crippen LogP contribution in [0.2, 0.25) is 0 Å². The summed E-state index contributed by atoms with van der Waals surface area (Å²) in [6.07, 6.45) is 7.55. The Balaban J connectivity index is 1.30. The van der Waals surface area contributed by atoms with Gasteiger partial charge in [0.05, 0.1) is 17.5 Å². The number of hydrogen-bond donors (Lipinski definition) is 3. The van der Waals surface area contributed by atoms with Gasteiger partial charge in [0.15, 0.2) is 5.65 Å². The Morgan fingerprint density at radius 1 is 1.14 bits per heavy atom. The fourth-order valence-electron chi connectivity index (χ4n) is 3.59. The predicted octanol–water partition coefficient (Wildman–Crippen LogP) is 2.66. The van der Waals surface area contributed by atoms with E-state index in [9.17, 15) is 9.59 Å². The summed E-state index contributed by atoms with van der Waals surface area (Å²) >= 11 is 0. The van der Waals surface area contributed by atoms with Gasteiger partial charge in [-0.15, -0.1) is 0 Å². The Labute approximate surface area is 168 Å². The lowest BCUT2D eigenvalue weighted by atomic mass is 10.1. The van der Waals surface area contributed by atoms with Gasteiger partial charge in [0.2, 0.25) is 5.91 Å². The molecule has 1 aromatic carbocycles. The number of H-pyrrole nitrogens is 1. The Morgan fingerprint density at radius 3 is 2.66 bits per heavy atom. The van der Waals surface area contributed by atoms with E-state index in [4.69, 9.17) is 0 Å². The summed E-state index contributed by atoms with van der Waals surface area (Å²) in [6.45, 7) is 0.447. The van der Waals surface area contributed by atoms with Gasteiger partial charge in [-0.25, -0.2) is 9.97 Å². The molecule has 2 aliphatic carbocycles. The highest BCUT2D eigenvalue weighted by molar-refractivity contribution is 6.06. The SMILES string of the molecule is O=C(NC(C(=O)NCc1ccccc1)C1CC1)c1c[nH]c2ncc(C3CC3)nc12. The fourth-order valence-corrected chi connectivity index (χ4v) is 3.59. The smallest absolute Gasteiger partial charge is 0.255 e. The largest absolute Gasteiger partial charge is 0.350 e. The molecule has 7 heteroatoms. The molecule has 1 atom stereocenters. The minimum absolute atomic E-state index is 0.144. The molecule has 2 aliphatic rings. The van der Waals surface area contributed by atoms with E-state index in [1.807, 2.05) is 30.3 Å². The van der Waals surface area contributed by atoms with Crippen LogP contribution in [0.5, 0.6) is 0 Å². The molecule has 5 rings (SSSR count). The van der Waals surface area contributed by atoms with E-state index in [0.717, 1.165) is 36.9 Å². The van der Waals surface area contributed by atoms with E-state index in [2.05, 4.69) is 25.6 Å². The molecule has 3 aromatic rings. The monoisotopic (exact) mass is 389 g/mol. The summed E-state index contributed by atoms with van der Waals surface area (Å²) < 4.78 is 0. The molecule has 0 spiro atoms. The summed E-state index contributed by atoms with van der Waals surface area (Å²) in [5.41, 5.74) is 3.57. The number of hydrogen-bond acceptors (Lipinski definition) is 4. The maximum atomic E-state index is 13.0. The molecule has 0 radical (unpaired) electrons. The van der Waals surface area contributed by atoms with Crippen molar-refractivity contribution in [3.63, 3.8) is 0 Å². The number of nitrogens with one attached hydrogen (secondary N) is 3. The van der Waals surface area contributed by atoms with E-state index >= 15 is 0 Å². The molecule has 2 heterocycles. The normalized spacial score (nSPS) is 17.1. The van der Waals surface area contributed by atoms with Crippen LogP contribution < -0.4 is 10.6 Å². The van der Waals surface area contributed by atoms with Crippen LogP contribution in [0.25, 0.3) is 11.2 Å². The first-order valence-corrected chi connectivity index (χ1v) is 10.2. The lowest BCUT2D eigenvalue weighted by Crippen LogP contribution is -2.47. The van der Waals surface area contributed by atoms with Gasteiger partial charge in [0.1, 0.15) is 11.6 Å². The van der Waals surface area contributed by atoms with Crippen molar-refractivity contribution in [2.24, 2.45) is 5.92 Å². The predicted molar refractivity (Wildman–Crippen MR) is 108 cm³/mol. The zero-order chi connectivity index (χ0) is 19.8. The summed E-state index contributed by atoms with van der Waals surface area (Å²) in [5, 5.41) is 5.89. The maximum Gasteiger partial charge on any atom is 0.255 e. The van der Waals surface area contributed by atoms with Crippen molar-refractivity contribution >= 4 is 23.0 Å². The fraction of sp³-hybridized carbons (Fsp3) is 0.364. The van der Waals surface area contributed by atoms with Crippen molar-refractivity contribution in [2.45, 2.75) is 44.2 Å². The summed E-state index contributed by atoms with van der Waals surface area (Å²) in [4.78, 5) is 37.8. The summed E-state index contributed by atoms with van der Waals surface area (Å²) in [6, 6.07) is 9.22. The second kappa shape index (κ2) is 7.31. The summed E-state index contributed by atoms with van der Waals surface area (Å²) in [5.74, 6) is 0.216. The van der Waals surface area contributed by atoms with Gasteiger partial charge in [0, 0.05) is 18.7 Å². The molecule has 0 bridgehead atoms. The van der Waals surface area contributed by atoms with Crippen molar-refractivity contribution in [3.8, 4) is 0 Å². The third-order valence-electron chi connectivity index (χ3n) is 5.61. The molecule has 3 N–H and O–H groups in total. The van der Waals surface area contributed by atoms with Crippen molar-refractivity contribution in [1.82, 2.24) is 25.6 Å². The topological polar surface area (TPSA) is 99.8 Å². The molecular weight excluding hydrogens is 366 g/mol. The Bertz CT molecular complexity index is 1050. The number of amides is 2. The van der Waals surface area contributed by atoms with E-state index in [0.29, 0.717) is 29.2 Å². The number of carbonyl (C=O) groups is 2. The van der Waals surface area contributed by atoms with E-state index in [-0.39, 0.29) is 17.7 Å². The summed E-state index contributed by atoms with van der Waals surface area (Å²) in [7, 11) is 0. The molecule has 148 valence electrons. The minimum Gasteiger partial charge on any atom is -0.350 e. The van der Waals surface area contributed by atoms with Crippen LogP contribution in [0.4, 0.5) is 0 Å². The molecule has 7 nitrogen and oxygen atoms in total. The Kier molecular flexibility index (Phi) is 4.50. The highest BCUT2D eigenvalue weighted by atomic mass is 16.2. The first-order valence-electron chi connectivity index (χ1n) is 10.2. The first-order chi connectivity index (χ1) is 14.2. The van der Waals surface area contributed by atoms with Crippen LogP contribution in [-0.2, 0) is 11.3 Å². The van der Waals surface area contributed by atoms with Crippen molar-refractivity contribution in [3.05, 3.63) is 59.5 Å². The van der Waals surface area contributed by atoms with Crippen molar-refractivity contribution in [2.75, 3.05) is 0 Å². The lowest BCUT2D eigenvalue weighted by molar-refractivity contribution is -0.123. The van der Waals surface area contributed by atoms with Gasteiger partial charge < -0.3 is 15.6 Å². The van der Waals surface area contributed by atoms with E-state index in [1.165, 1.54) is 0 Å². The zero-order valence-corrected chi connectivity index (χ0v) is 16.0. The number of aromatic nitrogens is 3. The second-order valence-electron chi connectivity index (χ2n) is 7.96. The second-order valence-corrected chi connectivity index (χ2v) is 7.96. The molecule has 2 saturated carbocycles. The number of fused-ring (bicyclic) bond motifs is 1. The number of benzene rings is 1. The zero-order valence-electron chi connectivity index (χ0n) is 16.0. The molecule has 29 heavy (non-hydrogen) atoms. The highest BCUT2D eigenvalue weighted by Crippen LogP contribution is 2.39. The number of rotatable bonds is 7. The quantitative estimate of drug-likeness (QED) is 0.578. The standard InChI is InChI=1S/C22H23N5O2/c28-21(16-11-23-20-19(16)26-17(12-24-20)14-6-7-14)27-18(15-8-9-15)22(29)25-10-13-4-2-1-3-5-13/h1-5,11-12,14-15,18H,6-10H2,(H,23,24)(H,25,29)(H,27,28). The van der Waals surface area contributed by atoms with Crippen LogP contribution in [0.1, 0.15) is 53.2 Å².